The summed E-state index contributed by atoms with van der Waals surface area (Å²) in [5.41, 5.74) is 5.71. The molecule has 1 unspecified atom stereocenters. The van der Waals surface area contributed by atoms with Crippen LogP contribution in [0, 0.1) is 0 Å². The monoisotopic (exact) mass is 327 g/mol. The second kappa shape index (κ2) is 6.98. The lowest BCUT2D eigenvalue weighted by Gasteiger charge is -2.33. The Morgan fingerprint density at radius 3 is 2.68 bits per heavy atom. The molecule has 6 nitrogen and oxygen atoms in total. The molecule has 2 rings (SSSR count). The number of amides is 2. The molecule has 3 N–H and O–H groups in total. The van der Waals surface area contributed by atoms with Gasteiger partial charge in [0, 0.05) is 12.1 Å². The molecule has 1 atom stereocenters. The van der Waals surface area contributed by atoms with Crippen LogP contribution in [-0.4, -0.2) is 36.5 Å². The van der Waals surface area contributed by atoms with Gasteiger partial charge < -0.3 is 15.8 Å². The van der Waals surface area contributed by atoms with E-state index in [0.29, 0.717) is 18.0 Å². The van der Waals surface area contributed by atoms with Crippen molar-refractivity contribution in [3.8, 4) is 5.75 Å². The first-order chi connectivity index (χ1) is 9.84. The van der Waals surface area contributed by atoms with Crippen molar-refractivity contribution in [2.75, 3.05) is 18.0 Å². The second-order valence-electron chi connectivity index (χ2n) is 5.79. The van der Waals surface area contributed by atoms with Gasteiger partial charge in [0.25, 0.3) is 5.91 Å². The van der Waals surface area contributed by atoms with Gasteiger partial charge in [-0.25, -0.2) is 0 Å². The molecular weight excluding hydrogens is 306 g/mol. The Kier molecular flexibility index (Phi) is 5.79. The Hall–Kier alpha value is -1.79. The van der Waals surface area contributed by atoms with Gasteiger partial charge in [0.1, 0.15) is 12.3 Å². The molecule has 7 heteroatoms. The van der Waals surface area contributed by atoms with E-state index in [4.69, 9.17) is 10.5 Å². The summed E-state index contributed by atoms with van der Waals surface area (Å²) in [5.74, 6) is 0.132. The van der Waals surface area contributed by atoms with Crippen LogP contribution in [-0.2, 0) is 9.59 Å². The first-order valence-corrected chi connectivity index (χ1v) is 6.92. The molecule has 0 aliphatic carbocycles. The molecule has 1 aromatic rings. The van der Waals surface area contributed by atoms with E-state index >= 15 is 0 Å². The molecule has 0 spiro atoms. The summed E-state index contributed by atoms with van der Waals surface area (Å²) in [5, 5.41) is 2.82. The Morgan fingerprint density at radius 2 is 2.05 bits per heavy atom. The first kappa shape index (κ1) is 18.3. The van der Waals surface area contributed by atoms with Crippen molar-refractivity contribution in [1.29, 1.82) is 0 Å². The zero-order valence-electron chi connectivity index (χ0n) is 13.0. The van der Waals surface area contributed by atoms with Gasteiger partial charge in [0.15, 0.2) is 6.10 Å². The highest BCUT2D eigenvalue weighted by Crippen LogP contribution is 2.33. The van der Waals surface area contributed by atoms with Crippen LogP contribution in [0.15, 0.2) is 24.3 Å². The van der Waals surface area contributed by atoms with E-state index in [1.807, 2.05) is 19.9 Å². The molecular formula is C15H22ClN3O3. The van der Waals surface area contributed by atoms with Gasteiger partial charge in [-0.2, -0.15) is 0 Å². The van der Waals surface area contributed by atoms with Crippen molar-refractivity contribution in [1.82, 2.24) is 5.32 Å². The summed E-state index contributed by atoms with van der Waals surface area (Å²) in [6.07, 6.45) is -0.602. The lowest BCUT2D eigenvalue weighted by molar-refractivity contribution is -0.128. The minimum atomic E-state index is -0.602. The maximum absolute atomic E-state index is 12.3. The van der Waals surface area contributed by atoms with Crippen LogP contribution < -0.4 is 20.7 Å². The molecule has 1 heterocycles. The fourth-order valence-corrected chi connectivity index (χ4v) is 2.13. The van der Waals surface area contributed by atoms with E-state index in [-0.39, 0.29) is 30.8 Å². The van der Waals surface area contributed by atoms with E-state index in [1.54, 1.807) is 25.1 Å². The normalized spacial score (nSPS) is 17.2. The van der Waals surface area contributed by atoms with Crippen LogP contribution in [0.25, 0.3) is 0 Å². The maximum atomic E-state index is 12.3. The van der Waals surface area contributed by atoms with Gasteiger partial charge in [0.05, 0.1) is 5.69 Å². The third kappa shape index (κ3) is 3.90. The van der Waals surface area contributed by atoms with E-state index in [9.17, 15) is 9.59 Å². The van der Waals surface area contributed by atoms with Gasteiger partial charge in [-0.15, -0.1) is 12.4 Å². The number of rotatable bonds is 4. The minimum Gasteiger partial charge on any atom is -0.479 e. The Bertz CT molecular complexity index is 563. The van der Waals surface area contributed by atoms with Crippen LogP contribution in [0.1, 0.15) is 20.8 Å². The molecule has 0 aromatic heterocycles. The van der Waals surface area contributed by atoms with Gasteiger partial charge in [-0.1, -0.05) is 12.1 Å². The van der Waals surface area contributed by atoms with Crippen molar-refractivity contribution < 1.29 is 14.3 Å². The zero-order chi connectivity index (χ0) is 15.6. The average molecular weight is 328 g/mol. The molecule has 0 radical (unpaired) electrons. The lowest BCUT2D eigenvalue weighted by atomic mass is 10.1. The standard InChI is InChI=1S/C15H21N3O3.ClH/c1-10-14(20)18(8-13(19)17-15(2,3)9-16)11-6-4-5-7-12(11)21-10;/h4-7,10H,8-9,16H2,1-3H3,(H,17,19);1H. The fraction of sp³-hybridized carbons (Fsp3) is 0.467. The van der Waals surface area contributed by atoms with E-state index in [2.05, 4.69) is 5.32 Å². The third-order valence-corrected chi connectivity index (χ3v) is 3.36. The quantitative estimate of drug-likeness (QED) is 0.866. The minimum absolute atomic E-state index is 0. The topological polar surface area (TPSA) is 84.7 Å². The van der Waals surface area contributed by atoms with Crippen molar-refractivity contribution in [3.63, 3.8) is 0 Å². The predicted molar refractivity (Wildman–Crippen MR) is 87.4 cm³/mol. The Labute approximate surface area is 136 Å². The summed E-state index contributed by atoms with van der Waals surface area (Å²) >= 11 is 0. The predicted octanol–water partition coefficient (Wildman–Crippen LogP) is 1.08. The largest absolute Gasteiger partial charge is 0.479 e. The molecule has 1 aromatic carbocycles. The number of nitrogens with zero attached hydrogens (tertiary/aromatic N) is 1. The highest BCUT2D eigenvalue weighted by atomic mass is 35.5. The van der Waals surface area contributed by atoms with Crippen molar-refractivity contribution in [2.24, 2.45) is 5.73 Å². The van der Waals surface area contributed by atoms with Crippen LogP contribution >= 0.6 is 12.4 Å². The van der Waals surface area contributed by atoms with E-state index in [1.165, 1.54) is 4.90 Å². The number of halogens is 1. The van der Waals surface area contributed by atoms with Crippen molar-refractivity contribution >= 4 is 29.9 Å². The molecule has 22 heavy (non-hydrogen) atoms. The number of hydrogen-bond acceptors (Lipinski definition) is 4. The smallest absolute Gasteiger partial charge is 0.268 e. The maximum Gasteiger partial charge on any atom is 0.268 e. The molecule has 0 fully saturated rings. The number of ether oxygens (including phenoxy) is 1. The number of nitrogens with one attached hydrogen (secondary N) is 1. The number of para-hydroxylation sites is 2. The number of fused-ring (bicyclic) bond motifs is 1. The third-order valence-electron chi connectivity index (χ3n) is 3.36. The van der Waals surface area contributed by atoms with E-state index < -0.39 is 11.6 Å². The van der Waals surface area contributed by atoms with Crippen LogP contribution in [0.2, 0.25) is 0 Å². The molecule has 122 valence electrons. The number of carbonyl (C=O) groups is 2. The number of carbonyl (C=O) groups excluding carboxylic acids is 2. The summed E-state index contributed by atoms with van der Waals surface area (Å²) in [4.78, 5) is 25.9. The van der Waals surface area contributed by atoms with Gasteiger partial charge in [-0.3, -0.25) is 14.5 Å². The molecule has 0 bridgehead atoms. The summed E-state index contributed by atoms with van der Waals surface area (Å²) in [6, 6.07) is 7.19. The van der Waals surface area contributed by atoms with Crippen LogP contribution in [0.5, 0.6) is 5.75 Å². The molecule has 2 amide bonds. The SMILES string of the molecule is CC1Oc2ccccc2N(CC(=O)NC(C)(C)CN)C1=O.Cl. The Balaban J connectivity index is 0.00000242. The zero-order valence-corrected chi connectivity index (χ0v) is 13.8. The molecule has 1 aliphatic heterocycles. The average Bonchev–Trinajstić information content (AvgIpc) is 2.43. The van der Waals surface area contributed by atoms with Crippen LogP contribution in [0.4, 0.5) is 5.69 Å². The first-order valence-electron chi connectivity index (χ1n) is 6.92. The summed E-state index contributed by atoms with van der Waals surface area (Å²) < 4.78 is 5.54. The van der Waals surface area contributed by atoms with E-state index in [0.717, 1.165) is 0 Å². The number of anilines is 1. The van der Waals surface area contributed by atoms with Crippen LogP contribution in [0.3, 0.4) is 0 Å². The molecule has 0 saturated carbocycles. The van der Waals surface area contributed by atoms with Gasteiger partial charge in [0.2, 0.25) is 5.91 Å². The van der Waals surface area contributed by atoms with Gasteiger partial charge >= 0.3 is 0 Å². The second-order valence-corrected chi connectivity index (χ2v) is 5.79. The fourth-order valence-electron chi connectivity index (χ4n) is 2.13. The number of benzene rings is 1. The molecule has 0 saturated heterocycles. The van der Waals surface area contributed by atoms with Crippen molar-refractivity contribution in [3.05, 3.63) is 24.3 Å². The highest BCUT2D eigenvalue weighted by Gasteiger charge is 2.33. The number of hydrogen-bond donors (Lipinski definition) is 2. The van der Waals surface area contributed by atoms with Crippen molar-refractivity contribution in [2.45, 2.75) is 32.4 Å². The van der Waals surface area contributed by atoms with Gasteiger partial charge in [-0.05, 0) is 32.9 Å². The molecule has 1 aliphatic rings. The highest BCUT2D eigenvalue weighted by molar-refractivity contribution is 6.03. The lowest BCUT2D eigenvalue weighted by Crippen LogP contribution is -2.54. The summed E-state index contributed by atoms with van der Waals surface area (Å²) in [7, 11) is 0. The summed E-state index contributed by atoms with van der Waals surface area (Å²) in [6.45, 7) is 5.62. The Morgan fingerprint density at radius 1 is 1.41 bits per heavy atom. The number of nitrogens with two attached hydrogens (primary N) is 1.